The van der Waals surface area contributed by atoms with E-state index in [0.29, 0.717) is 17.9 Å². The van der Waals surface area contributed by atoms with Crippen LogP contribution in [-0.2, 0) is 4.79 Å². The van der Waals surface area contributed by atoms with Crippen LogP contribution in [0.15, 0.2) is 0 Å². The van der Waals surface area contributed by atoms with Crippen LogP contribution in [0.1, 0.15) is 58.8 Å². The van der Waals surface area contributed by atoms with E-state index in [1.165, 1.54) is 6.42 Å². The van der Waals surface area contributed by atoms with E-state index in [9.17, 15) is 9.90 Å². The molecule has 1 amide bonds. The Bertz CT molecular complexity index is 366. The lowest BCUT2D eigenvalue weighted by atomic mass is 9.87. The highest BCUT2D eigenvalue weighted by Crippen LogP contribution is 2.53. The van der Waals surface area contributed by atoms with Crippen molar-refractivity contribution in [2.75, 3.05) is 6.54 Å². The van der Waals surface area contributed by atoms with Gasteiger partial charge in [-0.15, -0.1) is 0 Å². The minimum absolute atomic E-state index is 0.175. The number of amides is 1. The highest BCUT2D eigenvalue weighted by atomic mass is 16.3. The van der Waals surface area contributed by atoms with Gasteiger partial charge in [-0.05, 0) is 43.9 Å². The third kappa shape index (κ3) is 2.42. The zero-order valence-corrected chi connectivity index (χ0v) is 12.3. The van der Waals surface area contributed by atoms with Crippen LogP contribution in [0.25, 0.3) is 0 Å². The average molecular weight is 265 g/mol. The molecule has 0 radical (unpaired) electrons. The molecule has 4 unspecified atom stereocenters. The number of aliphatic hydroxyl groups is 1. The minimum Gasteiger partial charge on any atom is -0.393 e. The number of hydrogen-bond donors (Lipinski definition) is 1. The lowest BCUT2D eigenvalue weighted by Crippen LogP contribution is -2.50. The second kappa shape index (κ2) is 4.76. The fraction of sp³-hybridized carbons (Fsp3) is 0.938. The van der Waals surface area contributed by atoms with Gasteiger partial charge in [0.1, 0.15) is 0 Å². The van der Waals surface area contributed by atoms with Gasteiger partial charge in [0, 0.05) is 24.4 Å². The molecule has 2 saturated carbocycles. The van der Waals surface area contributed by atoms with Crippen LogP contribution in [-0.4, -0.2) is 34.6 Å². The number of piperidine rings is 1. The van der Waals surface area contributed by atoms with Crippen LogP contribution in [0.5, 0.6) is 0 Å². The number of likely N-dealkylation sites (tertiary alicyclic amines) is 1. The molecule has 0 aromatic heterocycles. The van der Waals surface area contributed by atoms with Crippen LogP contribution in [0, 0.1) is 17.3 Å². The van der Waals surface area contributed by atoms with Crippen molar-refractivity contribution >= 4 is 5.91 Å². The van der Waals surface area contributed by atoms with E-state index in [-0.39, 0.29) is 17.4 Å². The molecule has 4 atom stereocenters. The smallest absolute Gasteiger partial charge is 0.226 e. The van der Waals surface area contributed by atoms with Gasteiger partial charge in [-0.3, -0.25) is 4.79 Å². The molecule has 19 heavy (non-hydrogen) atoms. The topological polar surface area (TPSA) is 40.5 Å². The Balaban J connectivity index is 1.72. The standard InChI is InChI=1S/C16H27NO2/c1-16(2)10-12(16)15(19)17-9-4-3-7-13(17)11-6-5-8-14(11)18/h11-14,18H,3-10H2,1-2H3. The van der Waals surface area contributed by atoms with E-state index in [1.54, 1.807) is 0 Å². The molecule has 0 spiro atoms. The second-order valence-corrected chi connectivity index (χ2v) is 7.50. The molecule has 1 aliphatic heterocycles. The molecule has 3 rings (SSSR count). The largest absolute Gasteiger partial charge is 0.393 e. The summed E-state index contributed by atoms with van der Waals surface area (Å²) in [6, 6.07) is 0.315. The van der Waals surface area contributed by atoms with Gasteiger partial charge < -0.3 is 10.0 Å². The van der Waals surface area contributed by atoms with Gasteiger partial charge in [-0.1, -0.05) is 20.3 Å². The summed E-state index contributed by atoms with van der Waals surface area (Å²) in [4.78, 5) is 14.8. The molecule has 3 fully saturated rings. The molecule has 1 N–H and O–H groups in total. The molecule has 3 heteroatoms. The summed E-state index contributed by atoms with van der Waals surface area (Å²) in [5, 5.41) is 10.2. The van der Waals surface area contributed by atoms with E-state index in [4.69, 9.17) is 0 Å². The van der Waals surface area contributed by atoms with Crippen molar-refractivity contribution in [2.45, 2.75) is 70.9 Å². The highest BCUT2D eigenvalue weighted by molar-refractivity contribution is 5.83. The van der Waals surface area contributed by atoms with E-state index >= 15 is 0 Å². The maximum atomic E-state index is 12.7. The van der Waals surface area contributed by atoms with E-state index in [2.05, 4.69) is 18.7 Å². The molecule has 2 aliphatic carbocycles. The molecule has 108 valence electrons. The Morgan fingerprint density at radius 3 is 2.47 bits per heavy atom. The molecule has 1 saturated heterocycles. The molecule has 0 bridgehead atoms. The molecular formula is C16H27NO2. The number of hydrogen-bond acceptors (Lipinski definition) is 2. The molecular weight excluding hydrogens is 238 g/mol. The normalized spacial score (nSPS) is 41.3. The number of carbonyl (C=O) groups is 1. The third-order valence-electron chi connectivity index (χ3n) is 5.67. The van der Waals surface area contributed by atoms with Gasteiger partial charge in [0.2, 0.25) is 5.91 Å². The Kier molecular flexibility index (Phi) is 3.36. The molecule has 0 aromatic carbocycles. The van der Waals surface area contributed by atoms with Crippen molar-refractivity contribution < 1.29 is 9.90 Å². The lowest BCUT2D eigenvalue weighted by Gasteiger charge is -2.40. The number of rotatable bonds is 2. The number of nitrogens with zero attached hydrogens (tertiary/aromatic N) is 1. The summed E-state index contributed by atoms with van der Waals surface area (Å²) < 4.78 is 0. The van der Waals surface area contributed by atoms with Crippen LogP contribution in [0.2, 0.25) is 0 Å². The van der Waals surface area contributed by atoms with Crippen LogP contribution in [0.3, 0.4) is 0 Å². The Hall–Kier alpha value is -0.570. The van der Waals surface area contributed by atoms with Gasteiger partial charge in [0.05, 0.1) is 6.10 Å². The van der Waals surface area contributed by atoms with Crippen LogP contribution in [0.4, 0.5) is 0 Å². The predicted octanol–water partition coefficient (Wildman–Crippen LogP) is 2.57. The molecule has 0 aromatic rings. The summed E-state index contributed by atoms with van der Waals surface area (Å²) in [7, 11) is 0. The van der Waals surface area contributed by atoms with Crippen LogP contribution < -0.4 is 0 Å². The molecule has 3 nitrogen and oxygen atoms in total. The maximum absolute atomic E-state index is 12.7. The Morgan fingerprint density at radius 1 is 1.16 bits per heavy atom. The first kappa shape index (κ1) is 13.4. The summed E-state index contributed by atoms with van der Waals surface area (Å²) >= 11 is 0. The van der Waals surface area contributed by atoms with Gasteiger partial charge >= 0.3 is 0 Å². The fourth-order valence-electron chi connectivity index (χ4n) is 4.18. The SMILES string of the molecule is CC1(C)CC1C(=O)N1CCCCC1C1CCCC1O. The first-order valence-corrected chi connectivity index (χ1v) is 7.99. The fourth-order valence-corrected chi connectivity index (χ4v) is 4.18. The van der Waals surface area contributed by atoms with Gasteiger partial charge in [0.25, 0.3) is 0 Å². The third-order valence-corrected chi connectivity index (χ3v) is 5.67. The highest BCUT2D eigenvalue weighted by Gasteiger charge is 2.53. The van der Waals surface area contributed by atoms with Crippen LogP contribution >= 0.6 is 0 Å². The zero-order valence-electron chi connectivity index (χ0n) is 12.3. The van der Waals surface area contributed by atoms with Crippen molar-refractivity contribution in [3.8, 4) is 0 Å². The Morgan fingerprint density at radius 2 is 1.89 bits per heavy atom. The van der Waals surface area contributed by atoms with E-state index in [0.717, 1.165) is 45.1 Å². The summed E-state index contributed by atoms with van der Waals surface area (Å²) in [5.41, 5.74) is 0.216. The van der Waals surface area contributed by atoms with E-state index in [1.807, 2.05) is 0 Å². The van der Waals surface area contributed by atoms with E-state index < -0.39 is 0 Å². The van der Waals surface area contributed by atoms with Gasteiger partial charge in [0.15, 0.2) is 0 Å². The minimum atomic E-state index is -0.175. The van der Waals surface area contributed by atoms with Crippen molar-refractivity contribution in [3.63, 3.8) is 0 Å². The zero-order chi connectivity index (χ0) is 13.6. The predicted molar refractivity (Wildman–Crippen MR) is 74.6 cm³/mol. The average Bonchev–Trinajstić information content (AvgIpc) is 2.82. The second-order valence-electron chi connectivity index (χ2n) is 7.50. The van der Waals surface area contributed by atoms with Crippen molar-refractivity contribution in [1.29, 1.82) is 0 Å². The summed E-state index contributed by atoms with van der Waals surface area (Å²) in [6.07, 6.45) is 7.47. The monoisotopic (exact) mass is 265 g/mol. The number of carbonyl (C=O) groups excluding carboxylic acids is 1. The quantitative estimate of drug-likeness (QED) is 0.833. The maximum Gasteiger partial charge on any atom is 0.226 e. The summed E-state index contributed by atoms with van der Waals surface area (Å²) in [5.74, 6) is 0.951. The van der Waals surface area contributed by atoms with Gasteiger partial charge in [-0.2, -0.15) is 0 Å². The first-order valence-electron chi connectivity index (χ1n) is 7.99. The molecule has 1 heterocycles. The lowest BCUT2D eigenvalue weighted by molar-refractivity contribution is -0.139. The number of aliphatic hydroxyl groups excluding tert-OH is 1. The molecule has 3 aliphatic rings. The van der Waals surface area contributed by atoms with Crippen molar-refractivity contribution in [2.24, 2.45) is 17.3 Å². The van der Waals surface area contributed by atoms with Crippen molar-refractivity contribution in [1.82, 2.24) is 4.90 Å². The summed E-state index contributed by atoms with van der Waals surface area (Å²) in [6.45, 7) is 5.30. The van der Waals surface area contributed by atoms with Gasteiger partial charge in [-0.25, -0.2) is 0 Å². The Labute approximate surface area is 116 Å². The first-order chi connectivity index (χ1) is 9.00. The van der Waals surface area contributed by atoms with Crippen molar-refractivity contribution in [3.05, 3.63) is 0 Å².